The van der Waals surface area contributed by atoms with Crippen molar-refractivity contribution >= 4 is 29.2 Å². The zero-order chi connectivity index (χ0) is 18.5. The number of hydrogen-bond acceptors (Lipinski definition) is 7. The van der Waals surface area contributed by atoms with Crippen LogP contribution in [0.4, 0.5) is 11.5 Å². The summed E-state index contributed by atoms with van der Waals surface area (Å²) in [7, 11) is 0. The van der Waals surface area contributed by atoms with Crippen molar-refractivity contribution in [3.63, 3.8) is 0 Å². The molecule has 2 N–H and O–H groups in total. The number of aromatic nitrogens is 2. The topological polar surface area (TPSA) is 81.3 Å². The number of nitrogen functional groups attached to an aromatic ring is 1. The largest absolute Gasteiger partial charge is 0.466 e. The van der Waals surface area contributed by atoms with Gasteiger partial charge in [-0.2, -0.15) is 0 Å². The maximum absolute atomic E-state index is 11.9. The summed E-state index contributed by atoms with van der Waals surface area (Å²) >= 11 is 1.54. The van der Waals surface area contributed by atoms with E-state index in [2.05, 4.69) is 46.1 Å². The van der Waals surface area contributed by atoms with E-state index in [4.69, 9.17) is 10.5 Å². The van der Waals surface area contributed by atoms with Gasteiger partial charge in [0.05, 0.1) is 12.5 Å². The van der Waals surface area contributed by atoms with E-state index in [1.54, 1.807) is 6.33 Å². The molecular formula is C19H24N4O2S. The van der Waals surface area contributed by atoms with E-state index in [0.29, 0.717) is 12.3 Å². The first-order valence-corrected chi connectivity index (χ1v) is 9.66. The highest BCUT2D eigenvalue weighted by atomic mass is 32.2. The Kier molecular flexibility index (Phi) is 5.98. The van der Waals surface area contributed by atoms with Crippen molar-refractivity contribution in [2.75, 3.05) is 30.3 Å². The number of piperidine rings is 1. The van der Waals surface area contributed by atoms with Gasteiger partial charge >= 0.3 is 5.97 Å². The number of esters is 1. The first-order chi connectivity index (χ1) is 12.6. The minimum atomic E-state index is -0.0987. The Balaban J connectivity index is 1.70. The second kappa shape index (κ2) is 8.40. The lowest BCUT2D eigenvalue weighted by Gasteiger charge is -2.32. The quantitative estimate of drug-likeness (QED) is 0.637. The molecule has 138 valence electrons. The van der Waals surface area contributed by atoms with Crippen LogP contribution >= 0.6 is 11.8 Å². The normalized spacial score (nSPS) is 15.1. The summed E-state index contributed by atoms with van der Waals surface area (Å²) in [6.45, 7) is 5.80. The third-order valence-electron chi connectivity index (χ3n) is 4.48. The van der Waals surface area contributed by atoms with Crippen LogP contribution in [0.5, 0.6) is 0 Å². The van der Waals surface area contributed by atoms with Crippen LogP contribution in [-0.2, 0) is 9.53 Å². The molecule has 0 atom stereocenters. The molecule has 26 heavy (non-hydrogen) atoms. The monoisotopic (exact) mass is 372 g/mol. The summed E-state index contributed by atoms with van der Waals surface area (Å²) in [4.78, 5) is 23.8. The molecule has 0 spiro atoms. The van der Waals surface area contributed by atoms with Gasteiger partial charge in [-0.15, -0.1) is 0 Å². The predicted octanol–water partition coefficient (Wildman–Crippen LogP) is 3.30. The summed E-state index contributed by atoms with van der Waals surface area (Å²) < 4.78 is 5.13. The van der Waals surface area contributed by atoms with E-state index in [9.17, 15) is 4.79 Å². The SMILES string of the molecule is CCOC(=O)C1CCN(c2ncnc(Sc3ccc(C)cc3)c2N)CC1. The summed E-state index contributed by atoms with van der Waals surface area (Å²) in [6, 6.07) is 8.26. The number of aryl methyl sites for hydroxylation is 1. The van der Waals surface area contributed by atoms with Crippen LogP contribution in [0.2, 0.25) is 0 Å². The lowest BCUT2D eigenvalue weighted by atomic mass is 9.97. The van der Waals surface area contributed by atoms with Gasteiger partial charge in [-0.05, 0) is 38.8 Å². The Labute approximate surface area is 158 Å². The molecule has 2 aromatic rings. The number of ether oxygens (including phenoxy) is 1. The molecule has 0 bridgehead atoms. The molecular weight excluding hydrogens is 348 g/mol. The van der Waals surface area contributed by atoms with E-state index in [-0.39, 0.29) is 11.9 Å². The molecule has 1 aliphatic rings. The molecule has 0 aliphatic carbocycles. The van der Waals surface area contributed by atoms with Gasteiger partial charge in [0.25, 0.3) is 0 Å². The zero-order valence-electron chi connectivity index (χ0n) is 15.1. The third kappa shape index (κ3) is 4.27. The fraction of sp³-hybridized carbons (Fsp3) is 0.421. The third-order valence-corrected chi connectivity index (χ3v) is 5.50. The lowest BCUT2D eigenvalue weighted by Crippen LogP contribution is -2.37. The Morgan fingerprint density at radius 3 is 2.62 bits per heavy atom. The van der Waals surface area contributed by atoms with Crippen LogP contribution in [0.3, 0.4) is 0 Å². The van der Waals surface area contributed by atoms with Crippen molar-refractivity contribution in [2.24, 2.45) is 5.92 Å². The molecule has 1 fully saturated rings. The number of nitrogens with two attached hydrogens (primary N) is 1. The smallest absolute Gasteiger partial charge is 0.309 e. The fourth-order valence-electron chi connectivity index (χ4n) is 3.01. The second-order valence-corrected chi connectivity index (χ2v) is 7.41. The molecule has 0 radical (unpaired) electrons. The number of hydrogen-bond donors (Lipinski definition) is 1. The molecule has 6 nitrogen and oxygen atoms in total. The van der Waals surface area contributed by atoms with Crippen molar-refractivity contribution in [1.29, 1.82) is 0 Å². The minimum absolute atomic E-state index is 0.0318. The first kappa shape index (κ1) is 18.5. The number of benzene rings is 1. The van der Waals surface area contributed by atoms with Crippen LogP contribution in [0, 0.1) is 12.8 Å². The predicted molar refractivity (Wildman–Crippen MR) is 103 cm³/mol. The lowest BCUT2D eigenvalue weighted by molar-refractivity contribution is -0.148. The highest BCUT2D eigenvalue weighted by molar-refractivity contribution is 7.99. The van der Waals surface area contributed by atoms with Crippen molar-refractivity contribution in [3.8, 4) is 0 Å². The van der Waals surface area contributed by atoms with Crippen molar-refractivity contribution in [3.05, 3.63) is 36.2 Å². The van der Waals surface area contributed by atoms with Gasteiger partial charge < -0.3 is 15.4 Å². The Bertz CT molecular complexity index is 759. The van der Waals surface area contributed by atoms with Gasteiger partial charge in [-0.3, -0.25) is 4.79 Å². The summed E-state index contributed by atoms with van der Waals surface area (Å²) in [5.74, 6) is 0.617. The molecule has 1 saturated heterocycles. The van der Waals surface area contributed by atoms with Crippen molar-refractivity contribution in [1.82, 2.24) is 9.97 Å². The molecule has 0 saturated carbocycles. The van der Waals surface area contributed by atoms with Crippen LogP contribution in [-0.4, -0.2) is 35.6 Å². The molecule has 1 aliphatic heterocycles. The van der Waals surface area contributed by atoms with E-state index >= 15 is 0 Å². The van der Waals surface area contributed by atoms with Crippen LogP contribution < -0.4 is 10.6 Å². The van der Waals surface area contributed by atoms with E-state index in [1.807, 2.05) is 6.92 Å². The van der Waals surface area contributed by atoms with Gasteiger partial charge in [0.2, 0.25) is 0 Å². The molecule has 0 unspecified atom stereocenters. The standard InChI is InChI=1S/C19H24N4O2S/c1-3-25-19(24)14-8-10-23(11-9-14)17-16(20)18(22-12-21-17)26-15-6-4-13(2)5-7-15/h4-7,12,14H,3,8-11,20H2,1-2H3. The molecule has 3 rings (SSSR count). The van der Waals surface area contributed by atoms with Crippen LogP contribution in [0.25, 0.3) is 0 Å². The molecule has 2 heterocycles. The number of rotatable bonds is 5. The number of anilines is 2. The van der Waals surface area contributed by atoms with E-state index < -0.39 is 0 Å². The molecule has 0 amide bonds. The Hall–Kier alpha value is -2.28. The van der Waals surface area contributed by atoms with Gasteiger partial charge in [0, 0.05) is 18.0 Å². The maximum Gasteiger partial charge on any atom is 0.309 e. The number of carbonyl (C=O) groups excluding carboxylic acids is 1. The Morgan fingerprint density at radius 1 is 1.27 bits per heavy atom. The zero-order valence-corrected chi connectivity index (χ0v) is 16.0. The number of nitrogens with zero attached hydrogens (tertiary/aromatic N) is 3. The average Bonchev–Trinajstić information content (AvgIpc) is 2.66. The molecule has 7 heteroatoms. The van der Waals surface area contributed by atoms with Gasteiger partial charge in [0.1, 0.15) is 17.0 Å². The second-order valence-electron chi connectivity index (χ2n) is 6.34. The van der Waals surface area contributed by atoms with Crippen LogP contribution in [0.1, 0.15) is 25.3 Å². The highest BCUT2D eigenvalue weighted by Crippen LogP contribution is 2.35. The van der Waals surface area contributed by atoms with E-state index in [1.165, 1.54) is 17.3 Å². The van der Waals surface area contributed by atoms with Gasteiger partial charge in [0.15, 0.2) is 5.82 Å². The van der Waals surface area contributed by atoms with Gasteiger partial charge in [-0.1, -0.05) is 29.5 Å². The fourth-order valence-corrected chi connectivity index (χ4v) is 3.81. The maximum atomic E-state index is 11.9. The van der Waals surface area contributed by atoms with Crippen molar-refractivity contribution in [2.45, 2.75) is 36.6 Å². The highest BCUT2D eigenvalue weighted by Gasteiger charge is 2.28. The summed E-state index contributed by atoms with van der Waals surface area (Å²) in [5.41, 5.74) is 8.16. The molecule has 1 aromatic carbocycles. The van der Waals surface area contributed by atoms with E-state index in [0.717, 1.165) is 41.7 Å². The van der Waals surface area contributed by atoms with Crippen molar-refractivity contribution < 1.29 is 9.53 Å². The summed E-state index contributed by atoms with van der Waals surface area (Å²) in [5, 5.41) is 0.756. The summed E-state index contributed by atoms with van der Waals surface area (Å²) in [6.07, 6.45) is 3.06. The molecule has 1 aromatic heterocycles. The first-order valence-electron chi connectivity index (χ1n) is 8.85. The Morgan fingerprint density at radius 2 is 1.96 bits per heavy atom. The average molecular weight is 372 g/mol. The van der Waals surface area contributed by atoms with Crippen LogP contribution in [0.15, 0.2) is 40.5 Å². The van der Waals surface area contributed by atoms with Gasteiger partial charge in [-0.25, -0.2) is 9.97 Å². The number of carbonyl (C=O) groups is 1. The minimum Gasteiger partial charge on any atom is -0.466 e.